The van der Waals surface area contributed by atoms with Crippen LogP contribution in [-0.4, -0.2) is 0 Å². The van der Waals surface area contributed by atoms with Gasteiger partial charge >= 0.3 is 0 Å². The molecule has 92 valence electrons. The van der Waals surface area contributed by atoms with Gasteiger partial charge in [0.25, 0.3) is 0 Å². The third-order valence-electron chi connectivity index (χ3n) is 1.90. The maximum atomic E-state index is 5.57. The number of hydrogen-bond donors (Lipinski definition) is 0. The first-order valence-electron chi connectivity index (χ1n) is 5.99. The summed E-state index contributed by atoms with van der Waals surface area (Å²) in [5.74, 6) is 0.789. The largest absolute Gasteiger partial charge is 0.489 e. The van der Waals surface area contributed by atoms with Crippen molar-refractivity contribution in [1.82, 2.24) is 0 Å². The summed E-state index contributed by atoms with van der Waals surface area (Å²) in [6, 6.07) is 10.1. The first kappa shape index (κ1) is 15.2. The zero-order valence-corrected chi connectivity index (χ0v) is 11.0. The minimum absolute atomic E-state index is 0.580. The molecule has 0 saturated carbocycles. The molecule has 0 bridgehead atoms. The van der Waals surface area contributed by atoms with Gasteiger partial charge in [0.1, 0.15) is 12.4 Å². The van der Waals surface area contributed by atoms with Crippen LogP contribution < -0.4 is 0 Å². The molecule has 0 aliphatic heterocycles. The third kappa shape index (κ3) is 7.18. The summed E-state index contributed by atoms with van der Waals surface area (Å²) >= 11 is 0. The van der Waals surface area contributed by atoms with E-state index in [0.29, 0.717) is 6.61 Å². The average molecular weight is 230 g/mol. The highest BCUT2D eigenvalue weighted by Gasteiger charge is 1.93. The maximum absolute atomic E-state index is 5.57. The van der Waals surface area contributed by atoms with Gasteiger partial charge in [0.2, 0.25) is 0 Å². The lowest BCUT2D eigenvalue weighted by Gasteiger charge is -2.05. The predicted molar refractivity (Wildman–Crippen MR) is 75.7 cm³/mol. The molecule has 0 aliphatic rings. The standard InChI is InChI=1S/C14H16O.C2H6/c1-3-5-11-14(4-2)15-12-13-9-7-6-8-10-13;1-2/h3-11H,2,12H2,1H3;1-2H3/b5-3-,14-11+;. The molecule has 0 N–H and O–H groups in total. The summed E-state index contributed by atoms with van der Waals surface area (Å²) in [6.07, 6.45) is 7.50. The van der Waals surface area contributed by atoms with Crippen LogP contribution >= 0.6 is 0 Å². The molecule has 0 amide bonds. The minimum atomic E-state index is 0.580. The Balaban J connectivity index is 0.00000121. The molecule has 1 nitrogen and oxygen atoms in total. The molecule has 0 atom stereocenters. The van der Waals surface area contributed by atoms with E-state index in [1.807, 2.05) is 69.3 Å². The summed E-state index contributed by atoms with van der Waals surface area (Å²) in [4.78, 5) is 0. The smallest absolute Gasteiger partial charge is 0.119 e. The Labute approximate surface area is 105 Å². The molecule has 0 spiro atoms. The zero-order chi connectivity index (χ0) is 12.9. The Morgan fingerprint density at radius 3 is 2.41 bits per heavy atom. The van der Waals surface area contributed by atoms with Gasteiger partial charge in [-0.05, 0) is 24.6 Å². The third-order valence-corrected chi connectivity index (χ3v) is 1.90. The molecule has 1 heteroatoms. The van der Waals surface area contributed by atoms with E-state index in [1.165, 1.54) is 0 Å². The van der Waals surface area contributed by atoms with Crippen molar-refractivity contribution in [2.45, 2.75) is 27.4 Å². The van der Waals surface area contributed by atoms with Crippen LogP contribution in [0.4, 0.5) is 0 Å². The molecular weight excluding hydrogens is 208 g/mol. The summed E-state index contributed by atoms with van der Waals surface area (Å²) in [6.45, 7) is 10.2. The highest BCUT2D eigenvalue weighted by atomic mass is 16.5. The van der Waals surface area contributed by atoms with Crippen molar-refractivity contribution in [3.8, 4) is 0 Å². The highest BCUT2D eigenvalue weighted by Crippen LogP contribution is 2.06. The van der Waals surface area contributed by atoms with E-state index in [-0.39, 0.29) is 0 Å². The number of ether oxygens (including phenoxy) is 1. The Bertz CT molecular complexity index is 347. The SMILES string of the molecule is C=C/C(=C\C=C/C)OCc1ccccc1.CC. The molecule has 0 radical (unpaired) electrons. The Kier molecular flexibility index (Phi) is 9.64. The van der Waals surface area contributed by atoms with Crippen molar-refractivity contribution in [3.63, 3.8) is 0 Å². The van der Waals surface area contributed by atoms with Crippen LogP contribution in [0.3, 0.4) is 0 Å². The van der Waals surface area contributed by atoms with E-state index in [0.717, 1.165) is 11.3 Å². The van der Waals surface area contributed by atoms with Crippen LogP contribution in [0.2, 0.25) is 0 Å². The molecular formula is C16H22O. The summed E-state index contributed by atoms with van der Waals surface area (Å²) in [5, 5.41) is 0. The Morgan fingerprint density at radius 1 is 1.24 bits per heavy atom. The molecule has 0 aliphatic carbocycles. The fourth-order valence-electron chi connectivity index (χ4n) is 1.11. The fourth-order valence-corrected chi connectivity index (χ4v) is 1.11. The van der Waals surface area contributed by atoms with Crippen molar-refractivity contribution >= 4 is 0 Å². The van der Waals surface area contributed by atoms with E-state index in [2.05, 4.69) is 6.58 Å². The van der Waals surface area contributed by atoms with Gasteiger partial charge < -0.3 is 4.74 Å². The average Bonchev–Trinajstić information content (AvgIpc) is 2.42. The first-order chi connectivity index (χ1) is 8.36. The van der Waals surface area contributed by atoms with Crippen molar-refractivity contribution < 1.29 is 4.74 Å². The fraction of sp³-hybridized carbons (Fsp3) is 0.250. The van der Waals surface area contributed by atoms with Crippen LogP contribution in [-0.2, 0) is 11.3 Å². The van der Waals surface area contributed by atoms with E-state index >= 15 is 0 Å². The van der Waals surface area contributed by atoms with Gasteiger partial charge in [0.15, 0.2) is 0 Å². The van der Waals surface area contributed by atoms with E-state index < -0.39 is 0 Å². The maximum Gasteiger partial charge on any atom is 0.119 e. The summed E-state index contributed by atoms with van der Waals surface area (Å²) in [7, 11) is 0. The Morgan fingerprint density at radius 2 is 1.88 bits per heavy atom. The van der Waals surface area contributed by atoms with E-state index in [9.17, 15) is 0 Å². The molecule has 17 heavy (non-hydrogen) atoms. The van der Waals surface area contributed by atoms with Crippen LogP contribution in [0.15, 0.2) is 67.0 Å². The number of allylic oxidation sites excluding steroid dienone is 4. The van der Waals surface area contributed by atoms with Gasteiger partial charge in [-0.15, -0.1) is 0 Å². The van der Waals surface area contributed by atoms with E-state index in [4.69, 9.17) is 4.74 Å². The molecule has 1 rings (SSSR count). The van der Waals surface area contributed by atoms with E-state index in [1.54, 1.807) is 6.08 Å². The Hall–Kier alpha value is -1.76. The quantitative estimate of drug-likeness (QED) is 0.517. The molecule has 1 aromatic carbocycles. The topological polar surface area (TPSA) is 9.23 Å². The first-order valence-corrected chi connectivity index (χ1v) is 5.99. The molecule has 0 heterocycles. The molecule has 1 aromatic rings. The van der Waals surface area contributed by atoms with Gasteiger partial charge in [0.05, 0.1) is 0 Å². The van der Waals surface area contributed by atoms with Crippen molar-refractivity contribution in [1.29, 1.82) is 0 Å². The van der Waals surface area contributed by atoms with Crippen LogP contribution in [0, 0.1) is 0 Å². The number of hydrogen-bond acceptors (Lipinski definition) is 1. The minimum Gasteiger partial charge on any atom is -0.489 e. The summed E-state index contributed by atoms with van der Waals surface area (Å²) < 4.78 is 5.57. The molecule has 0 aromatic heterocycles. The normalized spacial score (nSPS) is 10.6. The second-order valence-electron chi connectivity index (χ2n) is 3.07. The zero-order valence-electron chi connectivity index (χ0n) is 11.0. The lowest BCUT2D eigenvalue weighted by molar-refractivity contribution is 0.211. The predicted octanol–water partition coefficient (Wildman–Crippen LogP) is 4.88. The van der Waals surface area contributed by atoms with Crippen LogP contribution in [0.1, 0.15) is 26.3 Å². The lowest BCUT2D eigenvalue weighted by Crippen LogP contribution is -1.90. The summed E-state index contributed by atoms with van der Waals surface area (Å²) in [5.41, 5.74) is 1.16. The van der Waals surface area contributed by atoms with Crippen molar-refractivity contribution in [3.05, 3.63) is 72.5 Å². The number of rotatable bonds is 5. The van der Waals surface area contributed by atoms with Gasteiger partial charge in [-0.1, -0.05) is 62.9 Å². The number of benzene rings is 1. The van der Waals surface area contributed by atoms with Crippen LogP contribution in [0.5, 0.6) is 0 Å². The molecule has 0 unspecified atom stereocenters. The monoisotopic (exact) mass is 230 g/mol. The van der Waals surface area contributed by atoms with Gasteiger partial charge in [0, 0.05) is 0 Å². The highest BCUT2D eigenvalue weighted by molar-refractivity contribution is 5.18. The van der Waals surface area contributed by atoms with Gasteiger partial charge in [-0.25, -0.2) is 0 Å². The van der Waals surface area contributed by atoms with Crippen LogP contribution in [0.25, 0.3) is 0 Å². The molecule has 0 fully saturated rings. The molecule has 0 saturated heterocycles. The lowest BCUT2D eigenvalue weighted by atomic mass is 10.2. The second kappa shape index (κ2) is 10.7. The second-order valence-corrected chi connectivity index (χ2v) is 3.07. The van der Waals surface area contributed by atoms with Gasteiger partial charge in [-0.3, -0.25) is 0 Å². The van der Waals surface area contributed by atoms with Gasteiger partial charge in [-0.2, -0.15) is 0 Å². The van der Waals surface area contributed by atoms with Crippen molar-refractivity contribution in [2.75, 3.05) is 0 Å². The van der Waals surface area contributed by atoms with Crippen molar-refractivity contribution in [2.24, 2.45) is 0 Å².